The second-order valence-corrected chi connectivity index (χ2v) is 11.6. The van der Waals surface area contributed by atoms with Gasteiger partial charge in [-0.15, -0.1) is 0 Å². The van der Waals surface area contributed by atoms with Crippen molar-refractivity contribution < 1.29 is 37.3 Å². The minimum absolute atomic E-state index is 0.0792. The van der Waals surface area contributed by atoms with E-state index in [2.05, 4.69) is 75.0 Å². The number of methoxy groups -OCH3 is 1. The second-order valence-electron chi connectivity index (χ2n) is 11.6. The van der Waals surface area contributed by atoms with Crippen molar-refractivity contribution in [2.24, 2.45) is 0 Å². The van der Waals surface area contributed by atoms with Crippen molar-refractivity contribution in [3.8, 4) is 5.75 Å². The van der Waals surface area contributed by atoms with E-state index < -0.39 is 17.6 Å². The zero-order valence-electron chi connectivity index (χ0n) is 25.1. The number of aromatic amines is 1. The molecule has 2 atom stereocenters. The summed E-state index contributed by atoms with van der Waals surface area (Å²) in [6, 6.07) is 21.0. The number of benzene rings is 3. The summed E-state index contributed by atoms with van der Waals surface area (Å²) >= 11 is 0. The van der Waals surface area contributed by atoms with Gasteiger partial charge in [0, 0.05) is 43.2 Å². The van der Waals surface area contributed by atoms with Crippen molar-refractivity contribution in [1.82, 2.24) is 15.1 Å². The van der Waals surface area contributed by atoms with E-state index in [0.717, 1.165) is 90.4 Å². The van der Waals surface area contributed by atoms with E-state index in [1.54, 1.807) is 7.11 Å². The first kappa shape index (κ1) is 31.3. The highest BCUT2D eigenvalue weighted by Crippen LogP contribution is 2.65. The number of ether oxygens (including phenoxy) is 2. The first-order chi connectivity index (χ1) is 22.1. The first-order valence-corrected chi connectivity index (χ1v) is 14.9. The lowest BCUT2D eigenvalue weighted by molar-refractivity contribution is -0.192. The molecule has 2 aliphatic heterocycles. The van der Waals surface area contributed by atoms with Crippen LogP contribution in [0.1, 0.15) is 46.7 Å². The number of hydrogen-bond donors (Lipinski definition) is 3. The third-order valence-electron chi connectivity index (χ3n) is 8.72. The SMILES string of the molecule is COc1ccc2c(c1)[C@]1(C[C@H]1c1ccc3c(/C=C/c4ccc(CN5CCCOCC5)cc4)n[nH]c3c1)C(=O)N2.O=C(O)C(F)(F)F. The fourth-order valence-electron chi connectivity index (χ4n) is 6.22. The van der Waals surface area contributed by atoms with Gasteiger partial charge in [0.05, 0.1) is 30.3 Å². The van der Waals surface area contributed by atoms with Gasteiger partial charge in [-0.2, -0.15) is 18.3 Å². The van der Waals surface area contributed by atoms with E-state index in [4.69, 9.17) is 19.4 Å². The number of halogens is 3. The molecule has 240 valence electrons. The molecule has 0 bridgehead atoms. The van der Waals surface area contributed by atoms with E-state index in [1.165, 1.54) is 5.56 Å². The van der Waals surface area contributed by atoms with Crippen molar-refractivity contribution in [2.45, 2.75) is 36.9 Å². The summed E-state index contributed by atoms with van der Waals surface area (Å²) in [7, 11) is 1.66. The minimum Gasteiger partial charge on any atom is -0.497 e. The average molecular weight is 635 g/mol. The van der Waals surface area contributed by atoms with Crippen LogP contribution in [0, 0.1) is 0 Å². The lowest BCUT2D eigenvalue weighted by Crippen LogP contribution is -2.25. The third kappa shape index (κ3) is 6.35. The highest BCUT2D eigenvalue weighted by molar-refractivity contribution is 6.10. The van der Waals surface area contributed by atoms with Gasteiger partial charge in [-0.3, -0.25) is 14.8 Å². The van der Waals surface area contributed by atoms with Crippen molar-refractivity contribution in [2.75, 3.05) is 38.7 Å². The van der Waals surface area contributed by atoms with E-state index in [-0.39, 0.29) is 11.8 Å². The number of nitrogens with zero attached hydrogens (tertiary/aromatic N) is 2. The number of fused-ring (bicyclic) bond motifs is 3. The van der Waals surface area contributed by atoms with Crippen LogP contribution >= 0.6 is 0 Å². The number of nitrogens with one attached hydrogen (secondary N) is 2. The van der Waals surface area contributed by atoms with Crippen LogP contribution in [0.3, 0.4) is 0 Å². The maximum absolute atomic E-state index is 13.0. The van der Waals surface area contributed by atoms with Crippen LogP contribution in [0.2, 0.25) is 0 Å². The van der Waals surface area contributed by atoms with Crippen LogP contribution in [0.4, 0.5) is 18.9 Å². The summed E-state index contributed by atoms with van der Waals surface area (Å²) < 4.78 is 42.7. The van der Waals surface area contributed by atoms with Crippen LogP contribution in [0.25, 0.3) is 23.1 Å². The molecule has 4 aromatic rings. The molecule has 9 nitrogen and oxygen atoms in total. The number of aliphatic carboxylic acids is 1. The largest absolute Gasteiger partial charge is 0.497 e. The Bertz CT molecular complexity index is 1780. The molecule has 3 aromatic carbocycles. The van der Waals surface area contributed by atoms with Gasteiger partial charge in [0.25, 0.3) is 0 Å². The molecule has 1 aliphatic carbocycles. The third-order valence-corrected chi connectivity index (χ3v) is 8.72. The lowest BCUT2D eigenvalue weighted by Gasteiger charge is -2.19. The molecule has 3 heterocycles. The number of aromatic nitrogens is 2. The Balaban J connectivity index is 0.000000480. The average Bonchev–Trinajstić information content (AvgIpc) is 3.67. The zero-order chi connectivity index (χ0) is 32.5. The normalized spacial score (nSPS) is 21.0. The Morgan fingerprint density at radius 3 is 2.63 bits per heavy atom. The minimum atomic E-state index is -5.08. The molecule has 46 heavy (non-hydrogen) atoms. The Labute approximate surface area is 263 Å². The summed E-state index contributed by atoms with van der Waals surface area (Å²) in [5.74, 6) is -1.76. The quantitative estimate of drug-likeness (QED) is 0.239. The fraction of sp³-hybridized carbons (Fsp3) is 0.324. The molecule has 2 fully saturated rings. The molecule has 1 saturated heterocycles. The number of H-pyrrole nitrogens is 1. The van der Waals surface area contributed by atoms with Gasteiger partial charge in [-0.1, -0.05) is 42.5 Å². The van der Waals surface area contributed by atoms with Gasteiger partial charge in [-0.05, 0) is 65.4 Å². The molecule has 3 N–H and O–H groups in total. The predicted octanol–water partition coefficient (Wildman–Crippen LogP) is 5.97. The topological polar surface area (TPSA) is 117 Å². The second kappa shape index (κ2) is 12.6. The van der Waals surface area contributed by atoms with Crippen molar-refractivity contribution in [1.29, 1.82) is 0 Å². The fourth-order valence-corrected chi connectivity index (χ4v) is 6.22. The van der Waals surface area contributed by atoms with Crippen LogP contribution in [-0.2, 0) is 26.3 Å². The number of alkyl halides is 3. The number of carbonyl (C=O) groups is 2. The highest BCUT2D eigenvalue weighted by atomic mass is 19.4. The molecule has 1 saturated carbocycles. The molecule has 1 spiro atoms. The highest BCUT2D eigenvalue weighted by Gasteiger charge is 2.65. The van der Waals surface area contributed by atoms with Crippen LogP contribution < -0.4 is 10.1 Å². The predicted molar refractivity (Wildman–Crippen MR) is 167 cm³/mol. The molecule has 1 amide bonds. The van der Waals surface area contributed by atoms with Gasteiger partial charge >= 0.3 is 12.1 Å². The Kier molecular flexibility index (Phi) is 8.58. The molecule has 7 rings (SSSR count). The summed E-state index contributed by atoms with van der Waals surface area (Å²) in [4.78, 5) is 24.4. The number of rotatable bonds is 6. The summed E-state index contributed by atoms with van der Waals surface area (Å²) in [5, 5.41) is 19.0. The molecule has 0 radical (unpaired) electrons. The standard InChI is InChI=1S/C32H32N4O3.C2HF3O2/c1-38-24-9-12-29-26(18-24)32(31(37)33-29)19-27(32)23-8-10-25-28(34-35-30(25)17-23)11-7-21-3-5-22(6-4-21)20-36-13-2-15-39-16-14-36;3-2(4,5)1(6)7/h3-12,17-18,27H,2,13-16,19-20H2,1H3,(H,33,37)(H,34,35);(H,6,7)/b11-7+;/t27-,32-;/m0./s1. The molecular formula is C34H33F3N4O5. The van der Waals surface area contributed by atoms with Gasteiger partial charge in [-0.25, -0.2) is 4.79 Å². The van der Waals surface area contributed by atoms with Crippen LogP contribution in [-0.4, -0.2) is 71.7 Å². The summed E-state index contributed by atoms with van der Waals surface area (Å²) in [5.41, 5.74) is 6.93. The molecule has 0 unspecified atom stereocenters. The Hall–Kier alpha value is -4.68. The van der Waals surface area contributed by atoms with Gasteiger partial charge in [0.15, 0.2) is 0 Å². The van der Waals surface area contributed by atoms with Gasteiger partial charge in [0.2, 0.25) is 5.91 Å². The number of carboxylic acids is 1. The maximum Gasteiger partial charge on any atom is 0.490 e. The van der Waals surface area contributed by atoms with E-state index >= 15 is 0 Å². The Morgan fingerprint density at radius 2 is 1.89 bits per heavy atom. The Morgan fingerprint density at radius 1 is 1.11 bits per heavy atom. The molecule has 1 aromatic heterocycles. The van der Waals surface area contributed by atoms with Gasteiger partial charge < -0.3 is 19.9 Å². The monoisotopic (exact) mass is 634 g/mol. The van der Waals surface area contributed by atoms with E-state index in [9.17, 15) is 18.0 Å². The van der Waals surface area contributed by atoms with Crippen molar-refractivity contribution in [3.63, 3.8) is 0 Å². The number of carboxylic acid groups (broad SMARTS) is 1. The number of amides is 1. The summed E-state index contributed by atoms with van der Waals surface area (Å²) in [6.45, 7) is 4.73. The molecular weight excluding hydrogens is 601 g/mol. The van der Waals surface area contributed by atoms with Crippen molar-refractivity contribution >= 4 is 40.6 Å². The van der Waals surface area contributed by atoms with Crippen LogP contribution in [0.15, 0.2) is 60.7 Å². The number of carbonyl (C=O) groups excluding carboxylic acids is 1. The number of hydrogen-bond acceptors (Lipinski definition) is 6. The first-order valence-electron chi connectivity index (χ1n) is 14.9. The molecule has 3 aliphatic rings. The zero-order valence-corrected chi connectivity index (χ0v) is 25.1. The van der Waals surface area contributed by atoms with Crippen LogP contribution in [0.5, 0.6) is 5.75 Å². The van der Waals surface area contributed by atoms with E-state index in [0.29, 0.717) is 0 Å². The van der Waals surface area contributed by atoms with Crippen molar-refractivity contribution in [3.05, 3.63) is 88.6 Å². The summed E-state index contributed by atoms with van der Waals surface area (Å²) in [6.07, 6.45) is 0.980. The maximum atomic E-state index is 13.0. The van der Waals surface area contributed by atoms with E-state index in [1.807, 2.05) is 18.2 Å². The van der Waals surface area contributed by atoms with Gasteiger partial charge in [0.1, 0.15) is 5.75 Å². The smallest absolute Gasteiger partial charge is 0.490 e. The molecule has 12 heteroatoms. The lowest BCUT2D eigenvalue weighted by atomic mass is 9.91. The number of anilines is 1.